The molecule has 0 fully saturated rings. The van der Waals surface area contributed by atoms with Crippen molar-refractivity contribution < 1.29 is 4.92 Å². The van der Waals surface area contributed by atoms with Crippen LogP contribution in [0.3, 0.4) is 0 Å². The second kappa shape index (κ2) is 5.61. The van der Waals surface area contributed by atoms with Crippen LogP contribution in [-0.4, -0.2) is 11.1 Å². The molecule has 0 N–H and O–H groups in total. The third-order valence-corrected chi connectivity index (χ3v) is 2.46. The first-order valence-corrected chi connectivity index (χ1v) is 5.54. The van der Waals surface area contributed by atoms with Crippen molar-refractivity contribution in [2.75, 3.05) is 0 Å². The molecule has 2 aromatic rings. The molecule has 0 radical (unpaired) electrons. The number of nitrogens with zero attached hydrogens (tertiary/aromatic N) is 2. The molecule has 0 spiro atoms. The van der Waals surface area contributed by atoms with Gasteiger partial charge in [-0.3, -0.25) is 15.1 Å². The SMILES string of the molecule is C#Cc1cccc(N=Cc2cccc([N+](=O)[O-])c2)c1. The number of terminal acetylenes is 1. The molecule has 2 aromatic carbocycles. The van der Waals surface area contributed by atoms with Crippen LogP contribution in [0.1, 0.15) is 11.1 Å². The van der Waals surface area contributed by atoms with E-state index in [4.69, 9.17) is 6.42 Å². The van der Waals surface area contributed by atoms with Crippen molar-refractivity contribution in [3.63, 3.8) is 0 Å². The van der Waals surface area contributed by atoms with E-state index in [1.54, 1.807) is 24.4 Å². The Morgan fingerprint density at radius 1 is 1.21 bits per heavy atom. The predicted octanol–water partition coefficient (Wildman–Crippen LogP) is 3.33. The summed E-state index contributed by atoms with van der Waals surface area (Å²) in [6.45, 7) is 0. The average molecular weight is 250 g/mol. The van der Waals surface area contributed by atoms with Crippen molar-refractivity contribution in [1.82, 2.24) is 0 Å². The molecule has 4 heteroatoms. The number of nitro benzene ring substituents is 1. The number of non-ortho nitro benzene ring substituents is 1. The van der Waals surface area contributed by atoms with Crippen molar-refractivity contribution in [2.45, 2.75) is 0 Å². The van der Waals surface area contributed by atoms with Gasteiger partial charge in [0.25, 0.3) is 5.69 Å². The zero-order valence-electron chi connectivity index (χ0n) is 9.98. The molecule has 0 aliphatic carbocycles. The third kappa shape index (κ3) is 3.27. The quantitative estimate of drug-likeness (QED) is 0.363. The highest BCUT2D eigenvalue weighted by molar-refractivity contribution is 5.82. The van der Waals surface area contributed by atoms with Gasteiger partial charge in [-0.25, -0.2) is 0 Å². The number of hydrogen-bond donors (Lipinski definition) is 0. The highest BCUT2D eigenvalue weighted by Crippen LogP contribution is 2.15. The zero-order chi connectivity index (χ0) is 13.7. The van der Waals surface area contributed by atoms with Gasteiger partial charge >= 0.3 is 0 Å². The first kappa shape index (κ1) is 12.5. The topological polar surface area (TPSA) is 55.5 Å². The lowest BCUT2D eigenvalue weighted by atomic mass is 10.2. The van der Waals surface area contributed by atoms with Gasteiger partial charge in [-0.1, -0.05) is 24.1 Å². The maximum atomic E-state index is 10.6. The minimum absolute atomic E-state index is 0.0429. The Hall–Kier alpha value is -2.93. The summed E-state index contributed by atoms with van der Waals surface area (Å²) in [6.07, 6.45) is 6.87. The summed E-state index contributed by atoms with van der Waals surface area (Å²) in [6, 6.07) is 13.5. The molecule has 2 rings (SSSR count). The fourth-order valence-corrected chi connectivity index (χ4v) is 1.54. The van der Waals surface area contributed by atoms with Crippen molar-refractivity contribution in [3.8, 4) is 12.3 Å². The predicted molar refractivity (Wildman–Crippen MR) is 74.7 cm³/mol. The molecule has 0 aromatic heterocycles. The zero-order valence-corrected chi connectivity index (χ0v) is 9.98. The molecule has 92 valence electrons. The molecule has 0 saturated carbocycles. The normalized spacial score (nSPS) is 10.3. The van der Waals surface area contributed by atoms with E-state index in [1.165, 1.54) is 12.1 Å². The van der Waals surface area contributed by atoms with E-state index < -0.39 is 4.92 Å². The number of hydrogen-bond acceptors (Lipinski definition) is 3. The fraction of sp³-hybridized carbons (Fsp3) is 0. The Bertz CT molecular complexity index is 685. The van der Waals surface area contributed by atoms with Gasteiger partial charge in [0, 0.05) is 23.9 Å². The molecule has 0 aliphatic rings. The highest BCUT2D eigenvalue weighted by atomic mass is 16.6. The highest BCUT2D eigenvalue weighted by Gasteiger charge is 2.03. The molecule has 0 unspecified atom stereocenters. The molecule has 0 saturated heterocycles. The summed E-state index contributed by atoms with van der Waals surface area (Å²) in [5.74, 6) is 2.53. The third-order valence-electron chi connectivity index (χ3n) is 2.46. The van der Waals surface area contributed by atoms with Gasteiger partial charge in [-0.2, -0.15) is 0 Å². The monoisotopic (exact) mass is 250 g/mol. The van der Waals surface area contributed by atoms with E-state index in [1.807, 2.05) is 18.2 Å². The van der Waals surface area contributed by atoms with Gasteiger partial charge in [0.15, 0.2) is 0 Å². The fourth-order valence-electron chi connectivity index (χ4n) is 1.54. The molecule has 0 atom stereocenters. The lowest BCUT2D eigenvalue weighted by Crippen LogP contribution is -1.89. The van der Waals surface area contributed by atoms with Crippen molar-refractivity contribution in [2.24, 2.45) is 4.99 Å². The van der Waals surface area contributed by atoms with Gasteiger partial charge in [0.05, 0.1) is 10.6 Å². The summed E-state index contributed by atoms with van der Waals surface area (Å²) < 4.78 is 0. The molecule has 19 heavy (non-hydrogen) atoms. The maximum Gasteiger partial charge on any atom is 0.270 e. The number of rotatable bonds is 3. The minimum atomic E-state index is -0.434. The Morgan fingerprint density at radius 3 is 2.74 bits per heavy atom. The van der Waals surface area contributed by atoms with Crippen LogP contribution in [0.2, 0.25) is 0 Å². The summed E-state index contributed by atoms with van der Waals surface area (Å²) in [4.78, 5) is 14.5. The van der Waals surface area contributed by atoms with Gasteiger partial charge in [-0.15, -0.1) is 6.42 Å². The first-order valence-electron chi connectivity index (χ1n) is 5.54. The van der Waals surface area contributed by atoms with Gasteiger partial charge < -0.3 is 0 Å². The molecule has 4 nitrogen and oxygen atoms in total. The van der Waals surface area contributed by atoms with Crippen molar-refractivity contribution in [3.05, 3.63) is 69.8 Å². The van der Waals surface area contributed by atoms with E-state index in [-0.39, 0.29) is 5.69 Å². The summed E-state index contributed by atoms with van der Waals surface area (Å²) in [7, 11) is 0. The van der Waals surface area contributed by atoms with Crippen LogP contribution in [0.25, 0.3) is 0 Å². The second-order valence-corrected chi connectivity index (χ2v) is 3.80. The van der Waals surface area contributed by atoms with Crippen LogP contribution < -0.4 is 0 Å². The van der Waals surface area contributed by atoms with Crippen LogP contribution >= 0.6 is 0 Å². The first-order chi connectivity index (χ1) is 9.19. The molecule has 0 amide bonds. The van der Waals surface area contributed by atoms with Crippen molar-refractivity contribution >= 4 is 17.6 Å². The maximum absolute atomic E-state index is 10.6. The van der Waals surface area contributed by atoms with Crippen LogP contribution in [0.5, 0.6) is 0 Å². The summed E-state index contributed by atoms with van der Waals surface area (Å²) in [5.41, 5.74) is 2.16. The molecular weight excluding hydrogens is 240 g/mol. The lowest BCUT2D eigenvalue weighted by Gasteiger charge is -1.96. The average Bonchev–Trinajstić information content (AvgIpc) is 2.45. The van der Waals surface area contributed by atoms with E-state index in [9.17, 15) is 10.1 Å². The smallest absolute Gasteiger partial charge is 0.258 e. The van der Waals surface area contributed by atoms with Gasteiger partial charge in [-0.05, 0) is 23.8 Å². The van der Waals surface area contributed by atoms with Crippen LogP contribution in [0.4, 0.5) is 11.4 Å². The van der Waals surface area contributed by atoms with Crippen LogP contribution in [0.15, 0.2) is 53.5 Å². The Morgan fingerprint density at radius 2 is 2.00 bits per heavy atom. The van der Waals surface area contributed by atoms with Gasteiger partial charge in [0.1, 0.15) is 0 Å². The summed E-state index contributed by atoms with van der Waals surface area (Å²) in [5, 5.41) is 10.6. The van der Waals surface area contributed by atoms with E-state index in [0.29, 0.717) is 11.3 Å². The summed E-state index contributed by atoms with van der Waals surface area (Å²) >= 11 is 0. The van der Waals surface area contributed by atoms with Crippen molar-refractivity contribution in [1.29, 1.82) is 0 Å². The molecule has 0 aliphatic heterocycles. The molecule has 0 heterocycles. The largest absolute Gasteiger partial charge is 0.270 e. The number of aliphatic imine (C=N–C) groups is 1. The standard InChI is InChI=1S/C15H10N2O2/c1-2-12-5-3-7-14(9-12)16-11-13-6-4-8-15(10-13)17(18)19/h1,3-11H. The van der Waals surface area contributed by atoms with Crippen LogP contribution in [-0.2, 0) is 0 Å². The number of nitro groups is 1. The minimum Gasteiger partial charge on any atom is -0.258 e. The second-order valence-electron chi connectivity index (χ2n) is 3.80. The van der Waals surface area contributed by atoms with Crippen LogP contribution in [0, 0.1) is 22.5 Å². The molecule has 0 bridgehead atoms. The molecular formula is C15H10N2O2. The Labute approximate surface area is 110 Å². The van der Waals surface area contributed by atoms with E-state index >= 15 is 0 Å². The Kier molecular flexibility index (Phi) is 3.70. The Balaban J connectivity index is 2.25. The van der Waals surface area contributed by atoms with E-state index in [2.05, 4.69) is 10.9 Å². The lowest BCUT2D eigenvalue weighted by molar-refractivity contribution is -0.384. The van der Waals surface area contributed by atoms with Gasteiger partial charge in [0.2, 0.25) is 0 Å². The number of benzene rings is 2. The van der Waals surface area contributed by atoms with E-state index in [0.717, 1.165) is 5.56 Å².